The third-order valence-electron chi connectivity index (χ3n) is 4.52. The summed E-state index contributed by atoms with van der Waals surface area (Å²) >= 11 is 0. The SMILES string of the molecule is C=CCOC(=O)[C@@]1(c2ccccc2)CC[C@H](O)c2ccccc21. The first-order valence-electron chi connectivity index (χ1n) is 7.81. The van der Waals surface area contributed by atoms with Gasteiger partial charge in [0.25, 0.3) is 0 Å². The van der Waals surface area contributed by atoms with Gasteiger partial charge in [0, 0.05) is 0 Å². The summed E-state index contributed by atoms with van der Waals surface area (Å²) in [5.41, 5.74) is 1.66. The third kappa shape index (κ3) is 2.57. The van der Waals surface area contributed by atoms with Crippen LogP contribution in [0.25, 0.3) is 0 Å². The van der Waals surface area contributed by atoms with Crippen LogP contribution < -0.4 is 0 Å². The third-order valence-corrected chi connectivity index (χ3v) is 4.52. The van der Waals surface area contributed by atoms with Gasteiger partial charge in [0.15, 0.2) is 0 Å². The molecular weight excluding hydrogens is 288 g/mol. The molecule has 1 aliphatic rings. The molecule has 2 aromatic rings. The molecule has 0 spiro atoms. The maximum absolute atomic E-state index is 13.0. The lowest BCUT2D eigenvalue weighted by atomic mass is 9.65. The first-order chi connectivity index (χ1) is 11.2. The molecule has 2 aromatic carbocycles. The second kappa shape index (κ2) is 6.39. The van der Waals surface area contributed by atoms with E-state index in [2.05, 4.69) is 6.58 Å². The van der Waals surface area contributed by atoms with Crippen LogP contribution in [0, 0.1) is 0 Å². The number of hydrogen-bond acceptors (Lipinski definition) is 3. The standard InChI is InChI=1S/C20H20O3/c1-2-14-23-19(22)20(15-8-4-3-5-9-15)13-12-18(21)16-10-6-7-11-17(16)20/h2-11,18,21H,1,12-14H2/t18-,20+/m0/s1. The number of esters is 1. The Bertz CT molecular complexity index is 708. The van der Waals surface area contributed by atoms with Crippen molar-refractivity contribution in [2.24, 2.45) is 0 Å². The van der Waals surface area contributed by atoms with Gasteiger partial charge in [0.1, 0.15) is 12.0 Å². The number of carbonyl (C=O) groups excluding carboxylic acids is 1. The molecule has 0 bridgehead atoms. The molecule has 3 rings (SSSR count). The topological polar surface area (TPSA) is 46.5 Å². The molecule has 3 heteroatoms. The van der Waals surface area contributed by atoms with Crippen LogP contribution in [0.3, 0.4) is 0 Å². The Morgan fingerprint density at radius 2 is 1.91 bits per heavy atom. The van der Waals surface area contributed by atoms with Crippen LogP contribution in [-0.2, 0) is 14.9 Å². The van der Waals surface area contributed by atoms with Gasteiger partial charge in [-0.3, -0.25) is 4.79 Å². The number of ether oxygens (including phenoxy) is 1. The molecule has 1 N–H and O–H groups in total. The molecule has 1 aliphatic carbocycles. The Labute approximate surface area is 136 Å². The Balaban J connectivity index is 2.20. The highest BCUT2D eigenvalue weighted by Gasteiger charge is 2.47. The fourth-order valence-corrected chi connectivity index (χ4v) is 3.43. The monoisotopic (exact) mass is 308 g/mol. The molecule has 0 fully saturated rings. The number of aliphatic hydroxyl groups is 1. The second-order valence-electron chi connectivity index (χ2n) is 5.80. The molecule has 0 aliphatic heterocycles. The Morgan fingerprint density at radius 3 is 2.65 bits per heavy atom. The molecule has 0 radical (unpaired) electrons. The van der Waals surface area contributed by atoms with Gasteiger partial charge in [-0.1, -0.05) is 67.3 Å². The lowest BCUT2D eigenvalue weighted by Gasteiger charge is -2.39. The van der Waals surface area contributed by atoms with Gasteiger partial charge < -0.3 is 9.84 Å². The summed E-state index contributed by atoms with van der Waals surface area (Å²) in [5, 5.41) is 10.3. The summed E-state index contributed by atoms with van der Waals surface area (Å²) in [6, 6.07) is 17.3. The molecule has 0 saturated carbocycles. The predicted molar refractivity (Wildman–Crippen MR) is 89.0 cm³/mol. The van der Waals surface area contributed by atoms with E-state index in [4.69, 9.17) is 4.74 Å². The highest BCUT2D eigenvalue weighted by atomic mass is 16.5. The van der Waals surface area contributed by atoms with Gasteiger partial charge in [-0.2, -0.15) is 0 Å². The van der Waals surface area contributed by atoms with Crippen molar-refractivity contribution >= 4 is 5.97 Å². The second-order valence-corrected chi connectivity index (χ2v) is 5.80. The predicted octanol–water partition coefficient (Wildman–Crippen LogP) is 3.53. The zero-order valence-electron chi connectivity index (χ0n) is 12.9. The summed E-state index contributed by atoms with van der Waals surface area (Å²) in [5.74, 6) is -0.289. The van der Waals surface area contributed by atoms with Gasteiger partial charge >= 0.3 is 5.97 Å². The Morgan fingerprint density at radius 1 is 1.22 bits per heavy atom. The first-order valence-corrected chi connectivity index (χ1v) is 7.81. The molecule has 0 amide bonds. The summed E-state index contributed by atoms with van der Waals surface area (Å²) in [4.78, 5) is 13.0. The molecule has 3 nitrogen and oxygen atoms in total. The van der Waals surface area contributed by atoms with E-state index >= 15 is 0 Å². The number of fused-ring (bicyclic) bond motifs is 1. The molecule has 0 aromatic heterocycles. The van der Waals surface area contributed by atoms with E-state index in [0.29, 0.717) is 12.8 Å². The van der Waals surface area contributed by atoms with E-state index in [-0.39, 0.29) is 12.6 Å². The lowest BCUT2D eigenvalue weighted by Crippen LogP contribution is -2.42. The molecule has 0 unspecified atom stereocenters. The molecular formula is C20H20O3. The summed E-state index contributed by atoms with van der Waals surface area (Å²) in [7, 11) is 0. The number of aliphatic hydroxyl groups excluding tert-OH is 1. The van der Waals surface area contributed by atoms with Crippen molar-refractivity contribution in [3.63, 3.8) is 0 Å². The minimum absolute atomic E-state index is 0.179. The Kier molecular flexibility index (Phi) is 4.30. The summed E-state index contributed by atoms with van der Waals surface area (Å²) in [6.45, 7) is 3.79. The highest BCUT2D eigenvalue weighted by Crippen LogP contribution is 2.46. The van der Waals surface area contributed by atoms with E-state index in [0.717, 1.165) is 16.7 Å². The maximum atomic E-state index is 13.0. The molecule has 0 saturated heterocycles. The number of carbonyl (C=O) groups is 1. The van der Waals surface area contributed by atoms with Crippen LogP contribution in [0.5, 0.6) is 0 Å². The molecule has 118 valence electrons. The largest absolute Gasteiger partial charge is 0.461 e. The fourth-order valence-electron chi connectivity index (χ4n) is 3.43. The maximum Gasteiger partial charge on any atom is 0.321 e. The number of benzene rings is 2. The lowest BCUT2D eigenvalue weighted by molar-refractivity contribution is -0.148. The smallest absolute Gasteiger partial charge is 0.321 e. The van der Waals surface area contributed by atoms with Crippen molar-refractivity contribution in [2.75, 3.05) is 6.61 Å². The van der Waals surface area contributed by atoms with Gasteiger partial charge in [0.2, 0.25) is 0 Å². The van der Waals surface area contributed by atoms with Crippen LogP contribution in [0.15, 0.2) is 67.3 Å². The van der Waals surface area contributed by atoms with Crippen molar-refractivity contribution in [3.05, 3.63) is 83.9 Å². The van der Waals surface area contributed by atoms with Crippen molar-refractivity contribution in [1.82, 2.24) is 0 Å². The van der Waals surface area contributed by atoms with E-state index < -0.39 is 11.5 Å². The van der Waals surface area contributed by atoms with Gasteiger partial charge in [-0.05, 0) is 29.5 Å². The molecule has 2 atom stereocenters. The van der Waals surface area contributed by atoms with E-state index in [1.54, 1.807) is 6.08 Å². The normalized spacial score (nSPS) is 22.9. The minimum atomic E-state index is -0.875. The zero-order chi connectivity index (χ0) is 16.3. The molecule has 23 heavy (non-hydrogen) atoms. The van der Waals surface area contributed by atoms with Crippen LogP contribution in [0.1, 0.15) is 35.6 Å². The van der Waals surface area contributed by atoms with Crippen LogP contribution in [0.2, 0.25) is 0 Å². The number of hydrogen-bond donors (Lipinski definition) is 1. The van der Waals surface area contributed by atoms with Crippen LogP contribution >= 0.6 is 0 Å². The van der Waals surface area contributed by atoms with Crippen molar-refractivity contribution in [1.29, 1.82) is 0 Å². The van der Waals surface area contributed by atoms with Crippen LogP contribution in [-0.4, -0.2) is 17.7 Å². The summed E-state index contributed by atoms with van der Waals surface area (Å²) in [6.07, 6.45) is 2.07. The van der Waals surface area contributed by atoms with Crippen molar-refractivity contribution < 1.29 is 14.6 Å². The minimum Gasteiger partial charge on any atom is -0.461 e. The summed E-state index contributed by atoms with van der Waals surface area (Å²) < 4.78 is 5.44. The van der Waals surface area contributed by atoms with Crippen molar-refractivity contribution in [2.45, 2.75) is 24.4 Å². The first kappa shape index (κ1) is 15.5. The zero-order valence-corrected chi connectivity index (χ0v) is 12.9. The van der Waals surface area contributed by atoms with Gasteiger partial charge in [-0.15, -0.1) is 0 Å². The van der Waals surface area contributed by atoms with E-state index in [1.165, 1.54) is 0 Å². The highest BCUT2D eigenvalue weighted by molar-refractivity contribution is 5.88. The average molecular weight is 308 g/mol. The quantitative estimate of drug-likeness (QED) is 0.694. The fraction of sp³-hybridized carbons (Fsp3) is 0.250. The van der Waals surface area contributed by atoms with E-state index in [1.807, 2.05) is 54.6 Å². The Hall–Kier alpha value is -2.39. The number of rotatable bonds is 4. The van der Waals surface area contributed by atoms with Crippen LogP contribution in [0.4, 0.5) is 0 Å². The molecule has 0 heterocycles. The van der Waals surface area contributed by atoms with Gasteiger partial charge in [-0.25, -0.2) is 0 Å². The van der Waals surface area contributed by atoms with E-state index in [9.17, 15) is 9.90 Å². The average Bonchev–Trinajstić information content (AvgIpc) is 2.61. The van der Waals surface area contributed by atoms with Gasteiger partial charge in [0.05, 0.1) is 6.10 Å². The van der Waals surface area contributed by atoms with Crippen molar-refractivity contribution in [3.8, 4) is 0 Å².